The Bertz CT molecular complexity index is 485. The highest BCUT2D eigenvalue weighted by atomic mass is 32.1. The van der Waals surface area contributed by atoms with Gasteiger partial charge in [-0.05, 0) is 56.2 Å². The van der Waals surface area contributed by atoms with Gasteiger partial charge < -0.3 is 10.2 Å². The predicted octanol–water partition coefficient (Wildman–Crippen LogP) is 1.07. The summed E-state index contributed by atoms with van der Waals surface area (Å²) in [6.07, 6.45) is 8.62. The highest BCUT2D eigenvalue weighted by Crippen LogP contribution is 2.44. The molecule has 3 fully saturated rings. The van der Waals surface area contributed by atoms with Gasteiger partial charge in [0.25, 0.3) is 5.91 Å². The molecule has 0 aromatic carbocycles. The highest BCUT2D eigenvalue weighted by molar-refractivity contribution is 7.80. The molecular formula is C16H26N4O2S. The molecule has 23 heavy (non-hydrogen) atoms. The number of hydrazine groups is 1. The van der Waals surface area contributed by atoms with Crippen molar-refractivity contribution in [3.63, 3.8) is 0 Å². The van der Waals surface area contributed by atoms with Gasteiger partial charge in [-0.2, -0.15) is 0 Å². The molecule has 3 rings (SSSR count). The molecule has 3 N–H and O–H groups in total. The molecule has 1 saturated heterocycles. The van der Waals surface area contributed by atoms with Crippen LogP contribution in [0.4, 0.5) is 0 Å². The van der Waals surface area contributed by atoms with E-state index in [9.17, 15) is 9.59 Å². The van der Waals surface area contributed by atoms with Crippen LogP contribution in [0, 0.1) is 11.8 Å². The number of hydrogen-bond donors (Lipinski definition) is 3. The Morgan fingerprint density at radius 3 is 2.78 bits per heavy atom. The van der Waals surface area contributed by atoms with Crippen molar-refractivity contribution in [2.24, 2.45) is 11.8 Å². The monoisotopic (exact) mass is 338 g/mol. The smallest absolute Gasteiger partial charge is 0.257 e. The van der Waals surface area contributed by atoms with E-state index in [2.05, 4.69) is 16.2 Å². The largest absolute Gasteiger partial charge is 0.358 e. The molecular weight excluding hydrogens is 312 g/mol. The summed E-state index contributed by atoms with van der Waals surface area (Å²) in [6, 6.07) is 0.442. The van der Waals surface area contributed by atoms with E-state index in [1.807, 2.05) is 0 Å². The van der Waals surface area contributed by atoms with Crippen molar-refractivity contribution in [2.75, 3.05) is 13.1 Å². The second kappa shape index (κ2) is 7.47. The summed E-state index contributed by atoms with van der Waals surface area (Å²) >= 11 is 5.26. The Balaban J connectivity index is 1.36. The number of likely N-dealkylation sites (tertiary alicyclic amines) is 1. The Hall–Kier alpha value is -1.37. The zero-order chi connectivity index (χ0) is 16.2. The van der Waals surface area contributed by atoms with Crippen molar-refractivity contribution in [3.05, 3.63) is 0 Å². The molecule has 128 valence electrons. The van der Waals surface area contributed by atoms with Crippen molar-refractivity contribution >= 4 is 29.1 Å². The average molecular weight is 338 g/mol. The van der Waals surface area contributed by atoms with Crippen LogP contribution in [0.5, 0.6) is 0 Å². The predicted molar refractivity (Wildman–Crippen MR) is 91.3 cm³/mol. The topological polar surface area (TPSA) is 73.5 Å². The lowest BCUT2D eigenvalue weighted by Gasteiger charge is -2.25. The molecule has 2 amide bonds. The van der Waals surface area contributed by atoms with E-state index in [0.717, 1.165) is 31.1 Å². The maximum Gasteiger partial charge on any atom is 0.257 e. The lowest BCUT2D eigenvalue weighted by Crippen LogP contribution is -2.53. The van der Waals surface area contributed by atoms with Gasteiger partial charge in [0.15, 0.2) is 5.11 Å². The maximum absolute atomic E-state index is 12.0. The average Bonchev–Trinajstić information content (AvgIpc) is 3.08. The summed E-state index contributed by atoms with van der Waals surface area (Å²) in [4.78, 5) is 25.5. The first kappa shape index (κ1) is 16.5. The minimum atomic E-state index is -0.225. The molecule has 0 spiro atoms. The van der Waals surface area contributed by atoms with Crippen LogP contribution >= 0.6 is 12.2 Å². The number of amides is 2. The van der Waals surface area contributed by atoms with Crippen LogP contribution < -0.4 is 16.2 Å². The second-order valence-corrected chi connectivity index (χ2v) is 7.46. The van der Waals surface area contributed by atoms with E-state index >= 15 is 0 Å². The van der Waals surface area contributed by atoms with Crippen molar-refractivity contribution in [2.45, 2.75) is 57.4 Å². The summed E-state index contributed by atoms with van der Waals surface area (Å²) < 4.78 is 0. The Morgan fingerprint density at radius 1 is 1.17 bits per heavy atom. The van der Waals surface area contributed by atoms with Crippen molar-refractivity contribution in [1.82, 2.24) is 21.1 Å². The quantitative estimate of drug-likeness (QED) is 0.530. The van der Waals surface area contributed by atoms with Crippen molar-refractivity contribution < 1.29 is 9.59 Å². The van der Waals surface area contributed by atoms with Gasteiger partial charge in [-0.1, -0.05) is 12.8 Å². The van der Waals surface area contributed by atoms with Crippen LogP contribution in [0.1, 0.15) is 51.4 Å². The summed E-state index contributed by atoms with van der Waals surface area (Å²) in [7, 11) is 0. The summed E-state index contributed by atoms with van der Waals surface area (Å²) in [5, 5.41) is 3.78. The fraction of sp³-hybridized carbons (Fsp3) is 0.812. The van der Waals surface area contributed by atoms with Crippen LogP contribution in [0.2, 0.25) is 0 Å². The first-order valence-corrected chi connectivity index (χ1v) is 9.16. The van der Waals surface area contributed by atoms with E-state index in [0.29, 0.717) is 24.1 Å². The molecule has 2 saturated carbocycles. The minimum Gasteiger partial charge on any atom is -0.358 e. The molecule has 6 nitrogen and oxygen atoms in total. The number of nitrogens with one attached hydrogen (secondary N) is 3. The third-order valence-electron chi connectivity index (χ3n) is 5.38. The van der Waals surface area contributed by atoms with Gasteiger partial charge in [-0.25, -0.2) is 0 Å². The van der Waals surface area contributed by atoms with Gasteiger partial charge in [0, 0.05) is 19.0 Å². The lowest BCUT2D eigenvalue weighted by atomic mass is 9.96. The molecule has 2 bridgehead atoms. The van der Waals surface area contributed by atoms with E-state index in [1.165, 1.54) is 25.7 Å². The van der Waals surface area contributed by atoms with Gasteiger partial charge in [-0.15, -0.1) is 0 Å². The molecule has 1 heterocycles. The summed E-state index contributed by atoms with van der Waals surface area (Å²) in [6.45, 7) is 0.767. The number of carbonyl (C=O) groups is 2. The fourth-order valence-corrected chi connectivity index (χ4v) is 4.37. The Labute approximate surface area is 142 Å². The minimum absolute atomic E-state index is 0.0698. The van der Waals surface area contributed by atoms with Crippen LogP contribution in [0.3, 0.4) is 0 Å². The molecule has 2 aliphatic carbocycles. The first-order chi connectivity index (χ1) is 11.1. The van der Waals surface area contributed by atoms with E-state index in [4.69, 9.17) is 12.2 Å². The number of thiocarbonyl (C=S) groups is 1. The third-order valence-corrected chi connectivity index (χ3v) is 5.60. The van der Waals surface area contributed by atoms with Crippen LogP contribution in [-0.4, -0.2) is 41.0 Å². The fourth-order valence-electron chi connectivity index (χ4n) is 4.17. The van der Waals surface area contributed by atoms with E-state index < -0.39 is 0 Å². The molecule has 0 radical (unpaired) electrons. The zero-order valence-electron chi connectivity index (χ0n) is 13.5. The molecule has 0 aromatic heterocycles. The molecule has 1 aliphatic heterocycles. The maximum atomic E-state index is 12.0. The van der Waals surface area contributed by atoms with Crippen LogP contribution in [0.25, 0.3) is 0 Å². The molecule has 3 atom stereocenters. The van der Waals surface area contributed by atoms with Crippen molar-refractivity contribution in [3.8, 4) is 0 Å². The van der Waals surface area contributed by atoms with Crippen LogP contribution in [-0.2, 0) is 9.59 Å². The lowest BCUT2D eigenvalue weighted by molar-refractivity contribution is -0.135. The Kier molecular flexibility index (Phi) is 5.35. The Morgan fingerprint density at radius 2 is 2.04 bits per heavy atom. The number of carbonyl (C=O) groups excluding carboxylic acids is 2. The standard InChI is InChI=1S/C16H26N4O2S/c21-14(10-20-7-3-1-2-4-15(20)22)18-19-16(23)17-13-9-11-5-6-12(13)8-11/h11-13H,1-10H2,(H,18,21)(H2,17,19,23). The van der Waals surface area contributed by atoms with Gasteiger partial charge in [0.2, 0.25) is 5.91 Å². The summed E-state index contributed by atoms with van der Waals surface area (Å²) in [5.74, 6) is 1.42. The summed E-state index contributed by atoms with van der Waals surface area (Å²) in [5.41, 5.74) is 5.37. The first-order valence-electron chi connectivity index (χ1n) is 8.75. The van der Waals surface area contributed by atoms with Crippen LogP contribution in [0.15, 0.2) is 0 Å². The van der Waals surface area contributed by atoms with Gasteiger partial charge >= 0.3 is 0 Å². The number of hydrogen-bond acceptors (Lipinski definition) is 3. The van der Waals surface area contributed by atoms with E-state index in [-0.39, 0.29) is 18.4 Å². The van der Waals surface area contributed by atoms with Gasteiger partial charge in [0.05, 0.1) is 0 Å². The normalized spacial score (nSPS) is 30.0. The molecule has 3 unspecified atom stereocenters. The van der Waals surface area contributed by atoms with E-state index in [1.54, 1.807) is 4.90 Å². The number of nitrogens with zero attached hydrogens (tertiary/aromatic N) is 1. The second-order valence-electron chi connectivity index (χ2n) is 7.05. The SMILES string of the molecule is O=C(CN1CCCCCC1=O)NNC(=S)NC1CC2CCC1C2. The van der Waals surface area contributed by atoms with Crippen molar-refractivity contribution in [1.29, 1.82) is 0 Å². The van der Waals surface area contributed by atoms with Gasteiger partial charge in [-0.3, -0.25) is 20.4 Å². The zero-order valence-corrected chi connectivity index (χ0v) is 14.3. The van der Waals surface area contributed by atoms with Gasteiger partial charge in [0.1, 0.15) is 6.54 Å². The molecule has 7 heteroatoms. The third kappa shape index (κ3) is 4.34. The number of fused-ring (bicyclic) bond motifs is 2. The number of rotatable bonds is 3. The molecule has 0 aromatic rings. The molecule has 3 aliphatic rings. The highest BCUT2D eigenvalue weighted by Gasteiger charge is 2.39.